The topological polar surface area (TPSA) is 61.9 Å². The van der Waals surface area contributed by atoms with Crippen LogP contribution in [0.1, 0.15) is 40.3 Å². The van der Waals surface area contributed by atoms with E-state index in [0.717, 1.165) is 22.7 Å². The highest BCUT2D eigenvalue weighted by Crippen LogP contribution is 2.22. The molecule has 2 heterocycles. The van der Waals surface area contributed by atoms with Gasteiger partial charge in [0, 0.05) is 24.4 Å². The molecule has 0 spiro atoms. The molecule has 0 bridgehead atoms. The molecule has 0 radical (unpaired) electrons. The van der Waals surface area contributed by atoms with Crippen molar-refractivity contribution in [3.05, 3.63) is 113 Å². The van der Waals surface area contributed by atoms with Crippen molar-refractivity contribution in [2.75, 3.05) is 0 Å². The van der Waals surface area contributed by atoms with Crippen molar-refractivity contribution < 1.29 is 9.53 Å². The fraction of sp³-hybridized carbons (Fsp3) is 0.229. The van der Waals surface area contributed by atoms with E-state index in [1.807, 2.05) is 18.2 Å². The van der Waals surface area contributed by atoms with Crippen LogP contribution in [0.3, 0.4) is 0 Å². The molecular weight excluding hydrogens is 519 g/mol. The minimum atomic E-state index is -0.475. The van der Waals surface area contributed by atoms with Gasteiger partial charge in [0.1, 0.15) is 0 Å². The number of aryl methyl sites for hydroxylation is 7. The Bertz CT molecular complexity index is 1740. The first kappa shape index (κ1) is 28.9. The van der Waals surface area contributed by atoms with Gasteiger partial charge in [-0.05, 0) is 60.6 Å². The van der Waals surface area contributed by atoms with Gasteiger partial charge < -0.3 is 9.30 Å². The molecule has 3 aromatic carbocycles. The van der Waals surface area contributed by atoms with Crippen LogP contribution in [-0.4, -0.2) is 32.0 Å². The van der Waals surface area contributed by atoms with E-state index in [2.05, 4.69) is 101 Å². The van der Waals surface area contributed by atoms with Crippen molar-refractivity contribution >= 4 is 29.3 Å². The van der Waals surface area contributed by atoms with Gasteiger partial charge in [0.25, 0.3) is 6.71 Å². The molecule has 0 atom stereocenters. The van der Waals surface area contributed by atoms with Gasteiger partial charge in [-0.1, -0.05) is 87.3 Å². The quantitative estimate of drug-likeness (QED) is 0.159. The first-order valence-electron chi connectivity index (χ1n) is 14.1. The van der Waals surface area contributed by atoms with Crippen molar-refractivity contribution in [1.29, 1.82) is 0 Å². The summed E-state index contributed by atoms with van der Waals surface area (Å²) in [4.78, 5) is 17.2. The van der Waals surface area contributed by atoms with Gasteiger partial charge in [-0.25, -0.2) is 14.5 Å². The molecule has 7 heteroatoms. The molecule has 212 valence electrons. The van der Waals surface area contributed by atoms with E-state index in [0.29, 0.717) is 11.3 Å². The number of benzene rings is 3. The van der Waals surface area contributed by atoms with Crippen LogP contribution in [0.4, 0.5) is 0 Å². The summed E-state index contributed by atoms with van der Waals surface area (Å²) in [7, 11) is 2.08. The van der Waals surface area contributed by atoms with Crippen LogP contribution in [-0.2, 0) is 11.8 Å². The Morgan fingerprint density at radius 2 is 1.43 bits per heavy atom. The zero-order chi connectivity index (χ0) is 30.3. The molecular formula is C35H37BN4O2. The van der Waals surface area contributed by atoms with Crippen LogP contribution in [0.15, 0.2) is 79.3 Å². The fourth-order valence-corrected chi connectivity index (χ4v) is 6.09. The maximum atomic E-state index is 11.9. The van der Waals surface area contributed by atoms with Gasteiger partial charge >= 0.3 is 5.97 Å². The number of carbonyl (C=O) groups is 1. The number of rotatable bonds is 7. The maximum Gasteiger partial charge on any atom is 0.338 e. The minimum Gasteiger partial charge on any atom is -0.420 e. The Morgan fingerprint density at radius 3 is 1.98 bits per heavy atom. The summed E-state index contributed by atoms with van der Waals surface area (Å²) in [6.45, 7) is 18.4. The summed E-state index contributed by atoms with van der Waals surface area (Å²) in [5.41, 5.74) is 14.2. The SMILES string of the molecule is C=C(C)C(=O)Oc1cnn(-c2cccc(-c3cn(C)c(B(c4c(C)cc(C)cc4C)c4c(C)cc(C)cc4C)n3)c2)c1. The monoisotopic (exact) mass is 556 g/mol. The zero-order valence-corrected chi connectivity index (χ0v) is 25.7. The lowest BCUT2D eigenvalue weighted by molar-refractivity contribution is -0.130. The maximum absolute atomic E-state index is 11.9. The lowest BCUT2D eigenvalue weighted by Gasteiger charge is -2.23. The number of hydrogen-bond acceptors (Lipinski definition) is 4. The van der Waals surface area contributed by atoms with Gasteiger partial charge in [-0.15, -0.1) is 0 Å². The number of carbonyl (C=O) groups excluding carboxylic acids is 1. The summed E-state index contributed by atoms with van der Waals surface area (Å²) in [6.07, 6.45) is 5.31. The summed E-state index contributed by atoms with van der Waals surface area (Å²) >= 11 is 0. The van der Waals surface area contributed by atoms with E-state index in [-0.39, 0.29) is 6.71 Å². The van der Waals surface area contributed by atoms with E-state index in [9.17, 15) is 4.79 Å². The smallest absolute Gasteiger partial charge is 0.338 e. The highest BCUT2D eigenvalue weighted by atomic mass is 16.5. The average molecular weight is 557 g/mol. The van der Waals surface area contributed by atoms with Crippen molar-refractivity contribution in [2.45, 2.75) is 48.5 Å². The van der Waals surface area contributed by atoms with Crippen molar-refractivity contribution in [3.63, 3.8) is 0 Å². The molecule has 42 heavy (non-hydrogen) atoms. The predicted molar refractivity (Wildman–Crippen MR) is 172 cm³/mol. The number of hydrogen-bond donors (Lipinski definition) is 0. The second kappa shape index (κ2) is 11.3. The number of ether oxygens (including phenoxy) is 1. The standard InChI is InChI=1S/C35H37BN4O2/c1-21(2)34(41)42-30-18-37-40(19-30)29-12-10-11-28(17-29)31-20-39(9)35(38-31)36(32-24(5)13-22(3)14-25(32)6)33-26(7)15-23(4)16-27(33)8/h10-20H,1H2,2-9H3. The number of esters is 1. The first-order valence-corrected chi connectivity index (χ1v) is 14.1. The third-order valence-electron chi connectivity index (χ3n) is 7.75. The van der Waals surface area contributed by atoms with Gasteiger partial charge in [0.05, 0.1) is 29.5 Å². The largest absolute Gasteiger partial charge is 0.420 e. The van der Waals surface area contributed by atoms with Gasteiger partial charge in [0.15, 0.2) is 5.75 Å². The normalized spacial score (nSPS) is 11.0. The lowest BCUT2D eigenvalue weighted by Crippen LogP contribution is -2.58. The number of nitrogens with zero attached hydrogens (tertiary/aromatic N) is 4. The molecule has 5 aromatic rings. The average Bonchev–Trinajstić information content (AvgIpc) is 3.53. The molecule has 0 N–H and O–H groups in total. The zero-order valence-electron chi connectivity index (χ0n) is 25.7. The van der Waals surface area contributed by atoms with Crippen LogP contribution in [0.25, 0.3) is 16.9 Å². The van der Waals surface area contributed by atoms with Crippen molar-refractivity contribution in [1.82, 2.24) is 19.3 Å². The molecule has 2 aromatic heterocycles. The molecule has 0 amide bonds. The highest BCUT2D eigenvalue weighted by molar-refractivity contribution is 6.95. The molecule has 0 unspecified atom stereocenters. The van der Waals surface area contributed by atoms with Crippen molar-refractivity contribution in [3.8, 4) is 22.7 Å². The minimum absolute atomic E-state index is 0.0233. The molecule has 0 saturated heterocycles. The van der Waals surface area contributed by atoms with Gasteiger partial charge in [0.2, 0.25) is 0 Å². The van der Waals surface area contributed by atoms with Crippen molar-refractivity contribution in [2.24, 2.45) is 7.05 Å². The molecule has 5 rings (SSSR count). The second-order valence-corrected chi connectivity index (χ2v) is 11.5. The molecule has 0 saturated carbocycles. The summed E-state index contributed by atoms with van der Waals surface area (Å²) < 4.78 is 9.19. The fourth-order valence-electron chi connectivity index (χ4n) is 6.09. The highest BCUT2D eigenvalue weighted by Gasteiger charge is 2.32. The predicted octanol–water partition coefficient (Wildman–Crippen LogP) is 5.12. The Balaban J connectivity index is 1.60. The Morgan fingerprint density at radius 1 is 0.857 bits per heavy atom. The van der Waals surface area contributed by atoms with Crippen LogP contribution in [0, 0.1) is 41.5 Å². The molecule has 6 nitrogen and oxygen atoms in total. The van der Waals surface area contributed by atoms with Crippen LogP contribution < -0.4 is 21.4 Å². The summed E-state index contributed by atoms with van der Waals surface area (Å²) in [5, 5.41) is 4.40. The van der Waals surface area contributed by atoms with Crippen LogP contribution in [0.2, 0.25) is 0 Å². The van der Waals surface area contributed by atoms with E-state index in [1.165, 1.54) is 50.5 Å². The summed E-state index contributed by atoms with van der Waals surface area (Å²) in [6, 6.07) is 17.1. The van der Waals surface area contributed by atoms with Gasteiger partial charge in [-0.2, -0.15) is 5.10 Å². The Hall–Kier alpha value is -4.65. The molecule has 0 aliphatic heterocycles. The Labute approximate surface area is 248 Å². The van der Waals surface area contributed by atoms with E-state index in [4.69, 9.17) is 9.72 Å². The summed E-state index contributed by atoms with van der Waals surface area (Å²) in [5.74, 6) is -0.110. The van der Waals surface area contributed by atoms with Gasteiger partial charge in [-0.3, -0.25) is 0 Å². The third kappa shape index (κ3) is 5.60. The molecule has 0 aliphatic rings. The second-order valence-electron chi connectivity index (χ2n) is 11.5. The molecule has 0 aliphatic carbocycles. The third-order valence-corrected chi connectivity index (χ3v) is 7.75. The Kier molecular flexibility index (Phi) is 7.78. The molecule has 0 fully saturated rings. The number of aromatic nitrogens is 4. The van der Waals surface area contributed by atoms with Crippen LogP contribution in [0.5, 0.6) is 5.75 Å². The number of imidazole rings is 1. The van der Waals surface area contributed by atoms with E-state index < -0.39 is 5.97 Å². The lowest BCUT2D eigenvalue weighted by atomic mass is 9.37. The van der Waals surface area contributed by atoms with Crippen LogP contribution >= 0.6 is 0 Å². The van der Waals surface area contributed by atoms with E-state index in [1.54, 1.807) is 17.8 Å². The first-order chi connectivity index (χ1) is 19.9. The van der Waals surface area contributed by atoms with E-state index >= 15 is 0 Å².